The maximum Gasteiger partial charge on any atom is 0.305 e. The lowest BCUT2D eigenvalue weighted by atomic mass is 9.92. The van der Waals surface area contributed by atoms with Gasteiger partial charge in [-0.05, 0) is 42.9 Å². The van der Waals surface area contributed by atoms with Crippen molar-refractivity contribution < 1.29 is 18.3 Å². The molecule has 5 rings (SSSR count). The minimum Gasteiger partial charge on any atom is -0.469 e. The molecule has 1 aromatic rings. The van der Waals surface area contributed by atoms with E-state index in [0.29, 0.717) is 36.6 Å². The molecule has 0 radical (unpaired) electrons. The van der Waals surface area contributed by atoms with E-state index >= 15 is 0 Å². The number of nitrogens with zero attached hydrogens (tertiary/aromatic N) is 4. The van der Waals surface area contributed by atoms with Crippen LogP contribution in [0.15, 0.2) is 0 Å². The molecule has 0 N–H and O–H groups in total. The fourth-order valence-corrected chi connectivity index (χ4v) is 6.16. The second kappa shape index (κ2) is 6.26. The molecule has 4 atom stereocenters. The molecule has 0 amide bonds. The first-order valence-electron chi connectivity index (χ1n) is 11.0. The Hall–Kier alpha value is -1.99. The Labute approximate surface area is 176 Å². The van der Waals surface area contributed by atoms with Gasteiger partial charge in [0.2, 0.25) is 5.95 Å². The summed E-state index contributed by atoms with van der Waals surface area (Å²) in [5, 5.41) is 0. The lowest BCUT2D eigenvalue weighted by Gasteiger charge is -2.40. The molecule has 1 aromatic heterocycles. The first kappa shape index (κ1) is 19.9. The number of carbonyl (C=O) groups excluding carboxylic acids is 1. The smallest absolute Gasteiger partial charge is 0.305 e. The Balaban J connectivity index is 1.50. The average molecular weight is 421 g/mol. The Morgan fingerprint density at radius 3 is 2.50 bits per heavy atom. The standard InChI is InChI=1S/C22H30F2N4O2/c1-13-7-9-28(13)19-25-17-14(6-5-8-22(17,23)24)18(26-19)27-11-20(2)15(10-16(29)30-4)21(20,3)12-27/h13,15H,5-12H2,1-4H3/t13-,15-,20-,21+/m0/s1. The van der Waals surface area contributed by atoms with Crippen molar-refractivity contribution >= 4 is 17.7 Å². The van der Waals surface area contributed by atoms with E-state index < -0.39 is 5.92 Å². The second-order valence-electron chi connectivity index (χ2n) is 10.1. The number of ether oxygens (including phenoxy) is 1. The van der Waals surface area contributed by atoms with Gasteiger partial charge in [-0.1, -0.05) is 13.8 Å². The van der Waals surface area contributed by atoms with Crippen molar-refractivity contribution in [2.45, 2.75) is 64.8 Å². The fourth-order valence-electron chi connectivity index (χ4n) is 6.16. The predicted octanol–water partition coefficient (Wildman–Crippen LogP) is 3.53. The van der Waals surface area contributed by atoms with Crippen molar-refractivity contribution in [3.8, 4) is 0 Å². The monoisotopic (exact) mass is 420 g/mol. The number of esters is 1. The number of hydrogen-bond acceptors (Lipinski definition) is 6. The summed E-state index contributed by atoms with van der Waals surface area (Å²) in [5.41, 5.74) is 0.455. The molecule has 30 heavy (non-hydrogen) atoms. The molecule has 3 fully saturated rings. The summed E-state index contributed by atoms with van der Waals surface area (Å²) in [6.07, 6.45) is 2.33. The third-order valence-corrected chi connectivity index (χ3v) is 8.51. The zero-order chi connectivity index (χ0) is 21.5. The van der Waals surface area contributed by atoms with Crippen LogP contribution in [0.25, 0.3) is 0 Å². The Bertz CT molecular complexity index is 891. The summed E-state index contributed by atoms with van der Waals surface area (Å²) >= 11 is 0. The molecule has 2 aliphatic carbocycles. The first-order chi connectivity index (χ1) is 14.1. The summed E-state index contributed by atoms with van der Waals surface area (Å²) in [6.45, 7) is 8.71. The maximum atomic E-state index is 14.8. The van der Waals surface area contributed by atoms with Gasteiger partial charge in [-0.15, -0.1) is 0 Å². The van der Waals surface area contributed by atoms with E-state index in [4.69, 9.17) is 9.72 Å². The first-order valence-corrected chi connectivity index (χ1v) is 11.0. The third kappa shape index (κ3) is 2.61. The van der Waals surface area contributed by atoms with Gasteiger partial charge in [-0.3, -0.25) is 4.79 Å². The van der Waals surface area contributed by atoms with Crippen molar-refractivity contribution in [3.05, 3.63) is 11.3 Å². The molecular weight excluding hydrogens is 390 g/mol. The lowest BCUT2D eigenvalue weighted by Crippen LogP contribution is -2.47. The number of rotatable bonds is 4. The molecule has 4 aliphatic rings. The number of hydrogen-bond donors (Lipinski definition) is 0. The topological polar surface area (TPSA) is 58.6 Å². The summed E-state index contributed by atoms with van der Waals surface area (Å²) in [6, 6.07) is 0.277. The second-order valence-corrected chi connectivity index (χ2v) is 10.1. The van der Waals surface area contributed by atoms with Crippen LogP contribution in [0.2, 0.25) is 0 Å². The molecule has 0 unspecified atom stereocenters. The van der Waals surface area contributed by atoms with Crippen LogP contribution in [-0.4, -0.2) is 48.7 Å². The maximum absolute atomic E-state index is 14.8. The summed E-state index contributed by atoms with van der Waals surface area (Å²) in [5.74, 6) is -1.72. The highest BCUT2D eigenvalue weighted by Gasteiger charge is 2.75. The number of piperidine rings is 1. The molecule has 2 saturated heterocycles. The van der Waals surface area contributed by atoms with Crippen molar-refractivity contribution in [3.63, 3.8) is 0 Å². The molecule has 2 aliphatic heterocycles. The van der Waals surface area contributed by atoms with Gasteiger partial charge in [-0.2, -0.15) is 13.8 Å². The number of carbonyl (C=O) groups is 1. The third-order valence-electron chi connectivity index (χ3n) is 8.51. The molecule has 3 heterocycles. The van der Waals surface area contributed by atoms with E-state index in [2.05, 4.69) is 30.7 Å². The number of methoxy groups -OCH3 is 1. The Morgan fingerprint density at radius 2 is 1.93 bits per heavy atom. The van der Waals surface area contributed by atoms with E-state index in [1.54, 1.807) is 0 Å². The molecule has 0 aromatic carbocycles. The largest absolute Gasteiger partial charge is 0.469 e. The van der Waals surface area contributed by atoms with Crippen LogP contribution in [0.5, 0.6) is 0 Å². The van der Waals surface area contributed by atoms with E-state index in [9.17, 15) is 13.6 Å². The molecule has 0 spiro atoms. The van der Waals surface area contributed by atoms with Crippen LogP contribution in [0.4, 0.5) is 20.5 Å². The van der Waals surface area contributed by atoms with Gasteiger partial charge in [0.15, 0.2) is 0 Å². The van der Waals surface area contributed by atoms with Crippen LogP contribution >= 0.6 is 0 Å². The predicted molar refractivity (Wildman–Crippen MR) is 109 cm³/mol. The lowest BCUT2D eigenvalue weighted by molar-refractivity contribution is -0.141. The van der Waals surface area contributed by atoms with Gasteiger partial charge in [0, 0.05) is 44.1 Å². The number of alkyl halides is 2. The SMILES string of the molecule is COC(=O)C[C@H]1[C@]2(C)CN(c3nc(N4CC[C@@H]4C)nc4c3CCCC4(F)F)C[C@]12C. The normalized spacial score (nSPS) is 36.1. The van der Waals surface area contributed by atoms with Crippen molar-refractivity contribution in [2.75, 3.05) is 36.5 Å². The van der Waals surface area contributed by atoms with Crippen LogP contribution in [0, 0.1) is 16.7 Å². The number of anilines is 2. The van der Waals surface area contributed by atoms with E-state index in [-0.39, 0.29) is 40.9 Å². The number of halogens is 2. The highest BCUT2D eigenvalue weighted by Crippen LogP contribution is 2.74. The van der Waals surface area contributed by atoms with Crippen LogP contribution < -0.4 is 9.80 Å². The van der Waals surface area contributed by atoms with Gasteiger partial charge >= 0.3 is 5.97 Å². The zero-order valence-corrected chi connectivity index (χ0v) is 18.2. The highest BCUT2D eigenvalue weighted by atomic mass is 19.3. The van der Waals surface area contributed by atoms with Crippen molar-refractivity contribution in [1.29, 1.82) is 0 Å². The fraction of sp³-hybridized carbons (Fsp3) is 0.773. The summed E-state index contributed by atoms with van der Waals surface area (Å²) < 4.78 is 34.5. The number of aromatic nitrogens is 2. The molecule has 6 nitrogen and oxygen atoms in total. The van der Waals surface area contributed by atoms with Gasteiger partial charge in [0.25, 0.3) is 5.92 Å². The summed E-state index contributed by atoms with van der Waals surface area (Å²) in [4.78, 5) is 25.2. The molecule has 0 bridgehead atoms. The van der Waals surface area contributed by atoms with Gasteiger partial charge < -0.3 is 14.5 Å². The number of fused-ring (bicyclic) bond motifs is 2. The molecule has 164 valence electrons. The zero-order valence-electron chi connectivity index (χ0n) is 18.2. The van der Waals surface area contributed by atoms with Crippen LogP contribution in [0.1, 0.15) is 57.7 Å². The Morgan fingerprint density at radius 1 is 1.23 bits per heavy atom. The van der Waals surface area contributed by atoms with Crippen LogP contribution in [0.3, 0.4) is 0 Å². The summed E-state index contributed by atoms with van der Waals surface area (Å²) in [7, 11) is 1.42. The van der Waals surface area contributed by atoms with Crippen LogP contribution in [-0.2, 0) is 21.9 Å². The molecule has 1 saturated carbocycles. The van der Waals surface area contributed by atoms with Gasteiger partial charge in [0.1, 0.15) is 11.5 Å². The average Bonchev–Trinajstić information content (AvgIpc) is 2.96. The molecular formula is C22H30F2N4O2. The molecule has 8 heteroatoms. The van der Waals surface area contributed by atoms with E-state index in [0.717, 1.165) is 26.1 Å². The minimum absolute atomic E-state index is 0.0413. The minimum atomic E-state index is -2.90. The van der Waals surface area contributed by atoms with E-state index in [1.165, 1.54) is 7.11 Å². The highest BCUT2D eigenvalue weighted by molar-refractivity contribution is 5.71. The van der Waals surface area contributed by atoms with Gasteiger partial charge in [-0.25, -0.2) is 4.98 Å². The van der Waals surface area contributed by atoms with Gasteiger partial charge in [0.05, 0.1) is 7.11 Å². The van der Waals surface area contributed by atoms with Crippen molar-refractivity contribution in [2.24, 2.45) is 16.7 Å². The van der Waals surface area contributed by atoms with E-state index in [1.807, 2.05) is 4.90 Å². The van der Waals surface area contributed by atoms with Crippen molar-refractivity contribution in [1.82, 2.24) is 9.97 Å². The Kier molecular flexibility index (Phi) is 4.16. The quantitative estimate of drug-likeness (QED) is 0.695.